The number of aldehydes is 1. The molecule has 18 heavy (non-hydrogen) atoms. The Labute approximate surface area is 111 Å². The summed E-state index contributed by atoms with van der Waals surface area (Å²) < 4.78 is 0. The predicted molar refractivity (Wildman–Crippen MR) is 75.4 cm³/mol. The van der Waals surface area contributed by atoms with Crippen molar-refractivity contribution < 1.29 is 4.79 Å². The normalized spacial score (nSPS) is 17.4. The first-order chi connectivity index (χ1) is 8.86. The number of hydrogen-bond acceptors (Lipinski definition) is 2. The lowest BCUT2D eigenvalue weighted by Crippen LogP contribution is -2.02. The highest BCUT2D eigenvalue weighted by atomic mass is 32.2. The molecule has 0 saturated heterocycles. The first kappa shape index (κ1) is 11.5. The predicted octanol–water partition coefficient (Wildman–Crippen LogP) is 3.93. The lowest BCUT2D eigenvalue weighted by atomic mass is 9.93. The summed E-state index contributed by atoms with van der Waals surface area (Å²) >= 11 is 1.90. The van der Waals surface area contributed by atoms with Gasteiger partial charge in [0.25, 0.3) is 0 Å². The van der Waals surface area contributed by atoms with E-state index in [1.54, 1.807) is 0 Å². The number of thioether (sulfide) groups is 1. The minimum atomic E-state index is 0.535. The van der Waals surface area contributed by atoms with E-state index in [-0.39, 0.29) is 0 Å². The van der Waals surface area contributed by atoms with E-state index in [2.05, 4.69) is 36.4 Å². The zero-order valence-electron chi connectivity index (χ0n) is 10.0. The standard InChI is InChI=1S/C16H14OS/c17-10-13-6-7-16-15(9-13)14(11-18-16)8-12-4-2-1-3-5-12/h1-7,9-10,14H,8,11H2. The second-order valence-corrected chi connectivity index (χ2v) is 5.67. The maximum Gasteiger partial charge on any atom is 0.150 e. The van der Waals surface area contributed by atoms with Gasteiger partial charge in [0.1, 0.15) is 6.29 Å². The van der Waals surface area contributed by atoms with Crippen molar-refractivity contribution in [3.05, 3.63) is 65.2 Å². The molecule has 1 aliphatic rings. The van der Waals surface area contributed by atoms with Crippen molar-refractivity contribution in [1.29, 1.82) is 0 Å². The molecule has 0 radical (unpaired) electrons. The van der Waals surface area contributed by atoms with Gasteiger partial charge < -0.3 is 0 Å². The van der Waals surface area contributed by atoms with E-state index in [0.717, 1.165) is 24.0 Å². The van der Waals surface area contributed by atoms with Crippen LogP contribution in [0.5, 0.6) is 0 Å². The van der Waals surface area contributed by atoms with Crippen LogP contribution in [0.15, 0.2) is 53.4 Å². The molecule has 0 aliphatic carbocycles. The Bertz CT molecular complexity index is 563. The van der Waals surface area contributed by atoms with E-state index in [1.165, 1.54) is 16.0 Å². The lowest BCUT2D eigenvalue weighted by Gasteiger charge is -2.11. The Kier molecular flexibility index (Phi) is 3.20. The second kappa shape index (κ2) is 4.99. The zero-order valence-corrected chi connectivity index (χ0v) is 10.8. The Morgan fingerprint density at radius 3 is 2.78 bits per heavy atom. The fourth-order valence-electron chi connectivity index (χ4n) is 2.44. The molecule has 1 atom stereocenters. The molecule has 0 fully saturated rings. The Hall–Kier alpha value is -1.54. The number of fused-ring (bicyclic) bond motifs is 1. The molecular weight excluding hydrogens is 240 g/mol. The van der Waals surface area contributed by atoms with Gasteiger partial charge in [-0.3, -0.25) is 4.79 Å². The van der Waals surface area contributed by atoms with Gasteiger partial charge in [-0.2, -0.15) is 0 Å². The summed E-state index contributed by atoms with van der Waals surface area (Å²) in [4.78, 5) is 12.2. The molecule has 90 valence electrons. The van der Waals surface area contributed by atoms with Gasteiger partial charge in [-0.1, -0.05) is 36.4 Å². The van der Waals surface area contributed by atoms with Gasteiger partial charge in [0.2, 0.25) is 0 Å². The third-order valence-electron chi connectivity index (χ3n) is 3.37. The topological polar surface area (TPSA) is 17.1 Å². The quantitative estimate of drug-likeness (QED) is 0.772. The van der Waals surface area contributed by atoms with E-state index < -0.39 is 0 Å². The average molecular weight is 254 g/mol. The minimum absolute atomic E-state index is 0.535. The van der Waals surface area contributed by atoms with Crippen LogP contribution in [0, 0.1) is 0 Å². The highest BCUT2D eigenvalue weighted by Crippen LogP contribution is 2.41. The van der Waals surface area contributed by atoms with Gasteiger partial charge in [0.05, 0.1) is 0 Å². The molecule has 2 heteroatoms. The molecule has 0 bridgehead atoms. The lowest BCUT2D eigenvalue weighted by molar-refractivity contribution is 0.112. The molecule has 0 aromatic heterocycles. The summed E-state index contributed by atoms with van der Waals surface area (Å²) in [7, 11) is 0. The van der Waals surface area contributed by atoms with Crippen molar-refractivity contribution >= 4 is 18.0 Å². The van der Waals surface area contributed by atoms with Crippen LogP contribution in [-0.2, 0) is 6.42 Å². The van der Waals surface area contributed by atoms with Gasteiger partial charge in [0, 0.05) is 16.2 Å². The minimum Gasteiger partial charge on any atom is -0.298 e. The molecule has 3 rings (SSSR count). The van der Waals surface area contributed by atoms with E-state index in [9.17, 15) is 4.79 Å². The first-order valence-corrected chi connectivity index (χ1v) is 7.11. The Morgan fingerprint density at radius 1 is 1.17 bits per heavy atom. The van der Waals surface area contributed by atoms with Crippen LogP contribution < -0.4 is 0 Å². The van der Waals surface area contributed by atoms with Crippen molar-refractivity contribution in [2.45, 2.75) is 17.2 Å². The second-order valence-electron chi connectivity index (χ2n) is 4.61. The molecule has 2 aromatic rings. The van der Waals surface area contributed by atoms with Crippen molar-refractivity contribution in [3.63, 3.8) is 0 Å². The fraction of sp³-hybridized carbons (Fsp3) is 0.188. The van der Waals surface area contributed by atoms with Gasteiger partial charge in [-0.15, -0.1) is 11.8 Å². The average Bonchev–Trinajstić information content (AvgIpc) is 2.82. The SMILES string of the molecule is O=Cc1ccc2c(c1)C(Cc1ccccc1)CS2. The summed E-state index contributed by atoms with van der Waals surface area (Å²) in [6.45, 7) is 0. The molecule has 2 aromatic carbocycles. The molecule has 0 amide bonds. The highest BCUT2D eigenvalue weighted by molar-refractivity contribution is 7.99. The zero-order chi connectivity index (χ0) is 12.4. The molecule has 1 heterocycles. The molecular formula is C16H14OS. The summed E-state index contributed by atoms with van der Waals surface area (Å²) in [6, 6.07) is 16.6. The Morgan fingerprint density at radius 2 is 2.00 bits per heavy atom. The number of carbonyl (C=O) groups is 1. The van der Waals surface area contributed by atoms with Crippen molar-refractivity contribution in [1.82, 2.24) is 0 Å². The Balaban J connectivity index is 1.88. The van der Waals surface area contributed by atoms with Crippen molar-refractivity contribution in [2.24, 2.45) is 0 Å². The largest absolute Gasteiger partial charge is 0.298 e. The summed E-state index contributed by atoms with van der Waals surface area (Å²) in [5, 5.41) is 0. The molecule has 0 spiro atoms. The van der Waals surface area contributed by atoms with Crippen LogP contribution in [0.2, 0.25) is 0 Å². The molecule has 1 nitrogen and oxygen atoms in total. The van der Waals surface area contributed by atoms with Gasteiger partial charge in [-0.25, -0.2) is 0 Å². The maximum absolute atomic E-state index is 10.9. The number of carbonyl (C=O) groups excluding carboxylic acids is 1. The number of rotatable bonds is 3. The summed E-state index contributed by atoms with van der Waals surface area (Å²) in [5.41, 5.74) is 3.50. The van der Waals surface area contributed by atoms with Crippen LogP contribution in [0.1, 0.15) is 27.4 Å². The summed E-state index contributed by atoms with van der Waals surface area (Å²) in [6.07, 6.45) is 1.99. The van der Waals surface area contributed by atoms with Crippen LogP contribution in [0.4, 0.5) is 0 Å². The molecule has 0 N–H and O–H groups in total. The van der Waals surface area contributed by atoms with Crippen LogP contribution in [0.25, 0.3) is 0 Å². The molecule has 1 aliphatic heterocycles. The first-order valence-electron chi connectivity index (χ1n) is 6.12. The van der Waals surface area contributed by atoms with E-state index in [1.807, 2.05) is 23.9 Å². The summed E-state index contributed by atoms with van der Waals surface area (Å²) in [5.74, 6) is 1.65. The highest BCUT2D eigenvalue weighted by Gasteiger charge is 2.23. The van der Waals surface area contributed by atoms with Crippen LogP contribution in [0.3, 0.4) is 0 Å². The van der Waals surface area contributed by atoms with E-state index in [4.69, 9.17) is 0 Å². The number of benzene rings is 2. The van der Waals surface area contributed by atoms with E-state index in [0.29, 0.717) is 5.92 Å². The molecule has 0 saturated carbocycles. The third kappa shape index (κ3) is 2.21. The van der Waals surface area contributed by atoms with Gasteiger partial charge in [-0.05, 0) is 35.6 Å². The monoisotopic (exact) mass is 254 g/mol. The van der Waals surface area contributed by atoms with Crippen molar-refractivity contribution in [2.75, 3.05) is 5.75 Å². The smallest absolute Gasteiger partial charge is 0.150 e. The van der Waals surface area contributed by atoms with Gasteiger partial charge in [0.15, 0.2) is 0 Å². The molecule has 1 unspecified atom stereocenters. The third-order valence-corrected chi connectivity index (χ3v) is 4.63. The van der Waals surface area contributed by atoms with Crippen molar-refractivity contribution in [3.8, 4) is 0 Å². The maximum atomic E-state index is 10.9. The van der Waals surface area contributed by atoms with Crippen LogP contribution >= 0.6 is 11.8 Å². The number of hydrogen-bond donors (Lipinski definition) is 0. The fourth-order valence-corrected chi connectivity index (χ4v) is 3.67. The van der Waals surface area contributed by atoms with E-state index >= 15 is 0 Å². The van der Waals surface area contributed by atoms with Gasteiger partial charge >= 0.3 is 0 Å². The van der Waals surface area contributed by atoms with Crippen LogP contribution in [-0.4, -0.2) is 12.0 Å².